The van der Waals surface area contributed by atoms with Crippen LogP contribution in [0.1, 0.15) is 39.8 Å². The first-order chi connectivity index (χ1) is 19.7. The highest BCUT2D eigenvalue weighted by atomic mass is 19.4. The molecule has 0 radical (unpaired) electrons. The van der Waals surface area contributed by atoms with Crippen LogP contribution in [0.5, 0.6) is 0 Å². The number of nitrogens with zero attached hydrogens (tertiary/aromatic N) is 7. The molecule has 0 spiro atoms. The van der Waals surface area contributed by atoms with E-state index in [2.05, 4.69) is 55.1 Å². The van der Waals surface area contributed by atoms with Crippen LogP contribution < -0.4 is 0 Å². The van der Waals surface area contributed by atoms with Crippen LogP contribution >= 0.6 is 0 Å². The number of tetrazole rings is 1. The van der Waals surface area contributed by atoms with Crippen molar-refractivity contribution < 1.29 is 13.2 Å². The Morgan fingerprint density at radius 1 is 0.854 bits per heavy atom. The predicted molar refractivity (Wildman–Crippen MR) is 152 cm³/mol. The molecule has 0 bridgehead atoms. The maximum atomic E-state index is 13.8. The van der Waals surface area contributed by atoms with Gasteiger partial charge in [-0.25, -0.2) is 0 Å². The highest BCUT2D eigenvalue weighted by molar-refractivity contribution is 5.81. The summed E-state index contributed by atoms with van der Waals surface area (Å²) in [6.07, 6.45) is -4.45. The van der Waals surface area contributed by atoms with Crippen molar-refractivity contribution in [1.29, 1.82) is 0 Å². The molecule has 1 saturated heterocycles. The molecule has 0 unspecified atom stereocenters. The van der Waals surface area contributed by atoms with Gasteiger partial charge in [-0.2, -0.15) is 17.9 Å². The molecule has 1 aliphatic rings. The molecule has 1 fully saturated rings. The van der Waals surface area contributed by atoms with Crippen LogP contribution in [0.3, 0.4) is 0 Å². The van der Waals surface area contributed by atoms with Crippen LogP contribution in [0, 0.1) is 13.8 Å². The zero-order valence-corrected chi connectivity index (χ0v) is 23.3. The Labute approximate surface area is 236 Å². The summed E-state index contributed by atoms with van der Waals surface area (Å²) in [5.74, 6) is 0.504. The number of halogens is 3. The van der Waals surface area contributed by atoms with E-state index in [1.807, 2.05) is 44.2 Å². The first-order valence-electron chi connectivity index (χ1n) is 13.7. The highest BCUT2D eigenvalue weighted by Gasteiger charge is 2.35. The molecule has 7 nitrogen and oxygen atoms in total. The van der Waals surface area contributed by atoms with E-state index in [0.29, 0.717) is 24.5 Å². The van der Waals surface area contributed by atoms with E-state index in [1.165, 1.54) is 28.7 Å². The fourth-order valence-corrected chi connectivity index (χ4v) is 5.98. The summed E-state index contributed by atoms with van der Waals surface area (Å²) in [5, 5.41) is 13.9. The molecule has 1 atom stereocenters. The minimum atomic E-state index is -4.45. The Bertz CT molecular complexity index is 1660. The Balaban J connectivity index is 1.32. The molecule has 0 saturated carbocycles. The standard InChI is InChI=1S/C31H32F3N7/c1-21-8-6-9-22(2)28(21)41-30(35-36-37-41)29(24-11-7-12-25(18-24)31(32,33)34)40-16-14-39(15-17-40)20-26-19-23-10-4-5-13-27(23)38(26)3/h4-13,18-19,29H,14-17,20H2,1-3H3/t29-/m1/s1. The van der Waals surface area contributed by atoms with E-state index in [0.717, 1.165) is 42.5 Å². The van der Waals surface area contributed by atoms with E-state index < -0.39 is 17.8 Å². The van der Waals surface area contributed by atoms with Gasteiger partial charge in [0.2, 0.25) is 0 Å². The molecule has 1 aliphatic heterocycles. The summed E-state index contributed by atoms with van der Waals surface area (Å²) in [7, 11) is 2.09. The first-order valence-corrected chi connectivity index (χ1v) is 13.7. The maximum absolute atomic E-state index is 13.8. The molecule has 6 rings (SSSR count). The molecule has 0 amide bonds. The molecule has 41 heavy (non-hydrogen) atoms. The highest BCUT2D eigenvalue weighted by Crippen LogP contribution is 2.35. The number of hydrogen-bond acceptors (Lipinski definition) is 5. The lowest BCUT2D eigenvalue weighted by Crippen LogP contribution is -2.48. The third-order valence-corrected chi connectivity index (χ3v) is 8.13. The normalized spacial score (nSPS) is 16.0. The third kappa shape index (κ3) is 5.25. The number of rotatable bonds is 6. The van der Waals surface area contributed by atoms with Gasteiger partial charge in [0, 0.05) is 51.0 Å². The zero-order valence-electron chi connectivity index (χ0n) is 23.3. The molecule has 0 N–H and O–H groups in total. The minimum Gasteiger partial charge on any atom is -0.346 e. The van der Waals surface area contributed by atoms with Gasteiger partial charge < -0.3 is 4.57 Å². The van der Waals surface area contributed by atoms with E-state index >= 15 is 0 Å². The van der Waals surface area contributed by atoms with Crippen molar-refractivity contribution in [2.45, 2.75) is 32.6 Å². The zero-order chi connectivity index (χ0) is 28.7. The maximum Gasteiger partial charge on any atom is 0.416 e. The molecular formula is C31H32F3N7. The Morgan fingerprint density at radius 3 is 2.27 bits per heavy atom. The topological polar surface area (TPSA) is 55.0 Å². The number of piperazine rings is 1. The average Bonchev–Trinajstić information content (AvgIpc) is 3.54. The fraction of sp³-hybridized carbons (Fsp3) is 0.323. The van der Waals surface area contributed by atoms with Crippen LogP contribution in [-0.4, -0.2) is 60.8 Å². The molecule has 212 valence electrons. The second-order valence-corrected chi connectivity index (χ2v) is 10.8. The fourth-order valence-electron chi connectivity index (χ4n) is 5.98. The van der Waals surface area contributed by atoms with Gasteiger partial charge >= 0.3 is 6.18 Å². The van der Waals surface area contributed by atoms with Crippen LogP contribution in [-0.2, 0) is 19.8 Å². The SMILES string of the molecule is Cc1cccc(C)c1-n1nnnc1[C@@H](c1cccc(C(F)(F)F)c1)N1CCN(Cc2cc3ccccc3n2C)CC1. The van der Waals surface area contributed by atoms with Gasteiger partial charge in [0.15, 0.2) is 5.82 Å². The lowest BCUT2D eigenvalue weighted by atomic mass is 10.00. The Morgan fingerprint density at radius 2 is 1.56 bits per heavy atom. The van der Waals surface area contributed by atoms with Crippen LogP contribution in [0.2, 0.25) is 0 Å². The lowest BCUT2D eigenvalue weighted by molar-refractivity contribution is -0.137. The number of hydrogen-bond donors (Lipinski definition) is 0. The molecule has 3 heterocycles. The van der Waals surface area contributed by atoms with Crippen molar-refractivity contribution in [3.8, 4) is 5.69 Å². The number of benzene rings is 3. The quantitative estimate of drug-likeness (QED) is 0.267. The van der Waals surface area contributed by atoms with Crippen LogP contribution in [0.15, 0.2) is 72.8 Å². The van der Waals surface area contributed by atoms with Crippen molar-refractivity contribution in [3.05, 3.63) is 107 Å². The summed E-state index contributed by atoms with van der Waals surface area (Å²) >= 11 is 0. The summed E-state index contributed by atoms with van der Waals surface area (Å²) in [5.41, 5.74) is 5.09. The Hall–Kier alpha value is -4.02. The van der Waals surface area contributed by atoms with E-state index in [1.54, 1.807) is 10.7 Å². The number of aromatic nitrogens is 5. The average molecular weight is 560 g/mol. The molecule has 5 aromatic rings. The largest absolute Gasteiger partial charge is 0.416 e. The second-order valence-electron chi connectivity index (χ2n) is 10.8. The van der Waals surface area contributed by atoms with Gasteiger partial charge in [0.25, 0.3) is 0 Å². The van der Waals surface area contributed by atoms with Crippen molar-refractivity contribution in [3.63, 3.8) is 0 Å². The van der Waals surface area contributed by atoms with Gasteiger partial charge in [0.05, 0.1) is 17.3 Å². The van der Waals surface area contributed by atoms with Crippen LogP contribution in [0.4, 0.5) is 13.2 Å². The number of para-hydroxylation sites is 2. The van der Waals surface area contributed by atoms with Gasteiger partial charge in [-0.1, -0.05) is 48.5 Å². The number of aryl methyl sites for hydroxylation is 3. The van der Waals surface area contributed by atoms with E-state index in [-0.39, 0.29) is 0 Å². The molecular weight excluding hydrogens is 527 g/mol. The molecule has 3 aromatic carbocycles. The van der Waals surface area contributed by atoms with Crippen molar-refractivity contribution in [1.82, 2.24) is 34.6 Å². The summed E-state index contributed by atoms with van der Waals surface area (Å²) in [6, 6.07) is 21.5. The van der Waals surface area contributed by atoms with E-state index in [4.69, 9.17) is 0 Å². The smallest absolute Gasteiger partial charge is 0.346 e. The van der Waals surface area contributed by atoms with Crippen LogP contribution in [0.25, 0.3) is 16.6 Å². The van der Waals surface area contributed by atoms with Gasteiger partial charge in [-0.15, -0.1) is 5.10 Å². The van der Waals surface area contributed by atoms with Gasteiger partial charge in [-0.3, -0.25) is 9.80 Å². The summed E-state index contributed by atoms with van der Waals surface area (Å²) < 4.78 is 45.2. The second kappa shape index (κ2) is 10.8. The van der Waals surface area contributed by atoms with Gasteiger partial charge in [0.1, 0.15) is 0 Å². The molecule has 2 aromatic heterocycles. The summed E-state index contributed by atoms with van der Waals surface area (Å²) in [6.45, 7) is 7.62. The van der Waals surface area contributed by atoms with Crippen molar-refractivity contribution >= 4 is 10.9 Å². The van der Waals surface area contributed by atoms with Crippen molar-refractivity contribution in [2.75, 3.05) is 26.2 Å². The molecule has 10 heteroatoms. The van der Waals surface area contributed by atoms with Crippen molar-refractivity contribution in [2.24, 2.45) is 7.05 Å². The van der Waals surface area contributed by atoms with Gasteiger partial charge in [-0.05, 0) is 70.6 Å². The Kier molecular flexibility index (Phi) is 7.13. The number of fused-ring (bicyclic) bond motifs is 1. The first kappa shape index (κ1) is 27.2. The minimum absolute atomic E-state index is 0.504. The third-order valence-electron chi connectivity index (χ3n) is 8.13. The summed E-state index contributed by atoms with van der Waals surface area (Å²) in [4.78, 5) is 4.59. The molecule has 0 aliphatic carbocycles. The lowest BCUT2D eigenvalue weighted by Gasteiger charge is -2.39. The monoisotopic (exact) mass is 559 g/mol. The number of alkyl halides is 3. The predicted octanol–water partition coefficient (Wildman–Crippen LogP) is 5.70. The van der Waals surface area contributed by atoms with E-state index in [9.17, 15) is 13.2 Å².